The topological polar surface area (TPSA) is 67.9 Å². The standard InChI is InChI=1S/C29H37FN2O4/c1-20-23(10-7-11-25(20)30)26-24(27(33)21-8-5-4-6-9-21)18-31-19-29(26,14-17-35-2)28(34)32-15-12-22(36-3)13-16-32/h4-11,22,24,26,31H,12-19H2,1-3H3/t24-,26-,29+/m0/s1. The monoisotopic (exact) mass is 496 g/mol. The summed E-state index contributed by atoms with van der Waals surface area (Å²) in [4.78, 5) is 30.3. The molecule has 6 nitrogen and oxygen atoms in total. The lowest BCUT2D eigenvalue weighted by atomic mass is 9.59. The van der Waals surface area contributed by atoms with Gasteiger partial charge in [0.1, 0.15) is 5.82 Å². The summed E-state index contributed by atoms with van der Waals surface area (Å²) in [7, 11) is 3.32. The van der Waals surface area contributed by atoms with E-state index in [4.69, 9.17) is 9.47 Å². The lowest BCUT2D eigenvalue weighted by Gasteiger charge is -2.50. The molecule has 3 atom stereocenters. The van der Waals surface area contributed by atoms with E-state index in [0.29, 0.717) is 50.3 Å². The number of benzene rings is 2. The number of Topliss-reactive ketones (excluding diaryl/α,β-unsaturated/α-hetero) is 1. The second kappa shape index (κ2) is 11.6. The van der Waals surface area contributed by atoms with Crippen molar-refractivity contribution in [3.8, 4) is 0 Å². The molecule has 0 aliphatic carbocycles. The number of carbonyl (C=O) groups is 2. The van der Waals surface area contributed by atoms with Crippen LogP contribution >= 0.6 is 0 Å². The summed E-state index contributed by atoms with van der Waals surface area (Å²) in [5.74, 6) is -1.39. The van der Waals surface area contributed by atoms with E-state index in [1.807, 2.05) is 29.2 Å². The fourth-order valence-electron chi connectivity index (χ4n) is 6.05. The Morgan fingerprint density at radius 1 is 1.08 bits per heavy atom. The number of rotatable bonds is 8. The summed E-state index contributed by atoms with van der Waals surface area (Å²) in [6.45, 7) is 4.11. The van der Waals surface area contributed by atoms with E-state index < -0.39 is 17.3 Å². The molecule has 194 valence electrons. The van der Waals surface area contributed by atoms with Crippen molar-refractivity contribution in [3.05, 3.63) is 71.0 Å². The van der Waals surface area contributed by atoms with Crippen molar-refractivity contribution in [2.45, 2.75) is 38.2 Å². The van der Waals surface area contributed by atoms with Gasteiger partial charge in [-0.05, 0) is 43.4 Å². The maximum atomic E-state index is 14.9. The smallest absolute Gasteiger partial charge is 0.230 e. The van der Waals surface area contributed by atoms with Crippen molar-refractivity contribution < 1.29 is 23.5 Å². The summed E-state index contributed by atoms with van der Waals surface area (Å²) < 4.78 is 25.9. The van der Waals surface area contributed by atoms with Crippen molar-refractivity contribution in [2.24, 2.45) is 11.3 Å². The second-order valence-electron chi connectivity index (χ2n) is 10.0. The molecular weight excluding hydrogens is 459 g/mol. The minimum Gasteiger partial charge on any atom is -0.385 e. The highest BCUT2D eigenvalue weighted by atomic mass is 19.1. The highest BCUT2D eigenvalue weighted by molar-refractivity contribution is 5.99. The van der Waals surface area contributed by atoms with E-state index in [-0.39, 0.29) is 23.6 Å². The van der Waals surface area contributed by atoms with Crippen LogP contribution in [0.5, 0.6) is 0 Å². The van der Waals surface area contributed by atoms with Crippen LogP contribution in [0.4, 0.5) is 4.39 Å². The van der Waals surface area contributed by atoms with Crippen LogP contribution in [0, 0.1) is 24.1 Å². The molecule has 2 saturated heterocycles. The van der Waals surface area contributed by atoms with Crippen LogP contribution in [0.25, 0.3) is 0 Å². The number of piperidine rings is 2. The third kappa shape index (κ3) is 5.10. The Morgan fingerprint density at radius 2 is 1.81 bits per heavy atom. The molecule has 2 heterocycles. The lowest BCUT2D eigenvalue weighted by Crippen LogP contribution is -2.61. The molecular formula is C29H37FN2O4. The predicted molar refractivity (Wildman–Crippen MR) is 137 cm³/mol. The highest BCUT2D eigenvalue weighted by Gasteiger charge is 2.55. The van der Waals surface area contributed by atoms with Gasteiger partial charge in [0.05, 0.1) is 11.5 Å². The molecule has 2 aliphatic heterocycles. The first-order valence-corrected chi connectivity index (χ1v) is 12.8. The van der Waals surface area contributed by atoms with E-state index >= 15 is 0 Å². The first-order valence-electron chi connectivity index (χ1n) is 12.8. The fourth-order valence-corrected chi connectivity index (χ4v) is 6.05. The van der Waals surface area contributed by atoms with Crippen molar-refractivity contribution in [3.63, 3.8) is 0 Å². The molecule has 4 rings (SSSR count). The van der Waals surface area contributed by atoms with E-state index in [9.17, 15) is 14.0 Å². The summed E-state index contributed by atoms with van der Waals surface area (Å²) in [5.41, 5.74) is 0.853. The minimum atomic E-state index is -0.957. The Kier molecular flexibility index (Phi) is 8.54. The van der Waals surface area contributed by atoms with Gasteiger partial charge in [-0.1, -0.05) is 42.5 Å². The number of methoxy groups -OCH3 is 2. The van der Waals surface area contributed by atoms with Gasteiger partial charge >= 0.3 is 0 Å². The zero-order chi connectivity index (χ0) is 25.7. The van der Waals surface area contributed by atoms with Gasteiger partial charge in [-0.2, -0.15) is 0 Å². The van der Waals surface area contributed by atoms with Crippen molar-refractivity contribution in [1.82, 2.24) is 10.2 Å². The molecule has 0 bridgehead atoms. The molecule has 0 radical (unpaired) electrons. The molecule has 2 aliphatic rings. The van der Waals surface area contributed by atoms with Crippen LogP contribution in [-0.4, -0.2) is 69.7 Å². The van der Waals surface area contributed by atoms with Gasteiger partial charge in [0.25, 0.3) is 0 Å². The van der Waals surface area contributed by atoms with E-state index in [1.165, 1.54) is 6.07 Å². The second-order valence-corrected chi connectivity index (χ2v) is 10.0. The Hall–Kier alpha value is -2.61. The summed E-state index contributed by atoms with van der Waals surface area (Å²) in [6, 6.07) is 14.2. The lowest BCUT2D eigenvalue weighted by molar-refractivity contribution is -0.149. The van der Waals surface area contributed by atoms with Crippen LogP contribution in [0.2, 0.25) is 0 Å². The Balaban J connectivity index is 1.82. The average molecular weight is 497 g/mol. The van der Waals surface area contributed by atoms with E-state index in [0.717, 1.165) is 18.4 Å². The molecule has 2 fully saturated rings. The zero-order valence-corrected chi connectivity index (χ0v) is 21.5. The number of carbonyl (C=O) groups excluding carboxylic acids is 2. The Bertz CT molecular complexity index is 1050. The molecule has 0 aromatic heterocycles. The molecule has 0 spiro atoms. The molecule has 0 unspecified atom stereocenters. The summed E-state index contributed by atoms with van der Waals surface area (Å²) >= 11 is 0. The number of hydrogen-bond acceptors (Lipinski definition) is 5. The number of ether oxygens (including phenoxy) is 2. The number of likely N-dealkylation sites (tertiary alicyclic amines) is 1. The number of nitrogens with one attached hydrogen (secondary N) is 1. The van der Waals surface area contributed by atoms with Crippen LogP contribution < -0.4 is 5.32 Å². The molecule has 2 aromatic rings. The number of ketones is 1. The van der Waals surface area contributed by atoms with Gasteiger partial charge in [0.2, 0.25) is 5.91 Å². The normalized spacial score (nSPS) is 25.1. The molecule has 7 heteroatoms. The van der Waals surface area contributed by atoms with Crippen LogP contribution in [0.1, 0.15) is 46.7 Å². The Morgan fingerprint density at radius 3 is 2.47 bits per heavy atom. The number of nitrogens with zero attached hydrogens (tertiary/aromatic N) is 1. The van der Waals surface area contributed by atoms with Crippen molar-refractivity contribution in [2.75, 3.05) is 47.0 Å². The Labute approximate surface area is 213 Å². The van der Waals surface area contributed by atoms with Gasteiger partial charge in [-0.25, -0.2) is 4.39 Å². The summed E-state index contributed by atoms with van der Waals surface area (Å²) in [5, 5.41) is 3.42. The molecule has 1 amide bonds. The highest BCUT2D eigenvalue weighted by Crippen LogP contribution is 2.49. The van der Waals surface area contributed by atoms with E-state index in [1.54, 1.807) is 39.3 Å². The third-order valence-electron chi connectivity index (χ3n) is 8.08. The quantitative estimate of drug-likeness (QED) is 0.560. The number of hydrogen-bond donors (Lipinski definition) is 1. The SMILES string of the molecule is COCC[C@@]1(C(=O)N2CCC(OC)CC2)CNC[C@H](C(=O)c2ccccc2)[C@@H]1c1cccc(F)c1C. The van der Waals surface area contributed by atoms with Crippen LogP contribution in [-0.2, 0) is 14.3 Å². The maximum Gasteiger partial charge on any atom is 0.230 e. The maximum absolute atomic E-state index is 14.9. The van der Waals surface area contributed by atoms with Gasteiger partial charge in [-0.3, -0.25) is 9.59 Å². The number of amides is 1. The zero-order valence-electron chi connectivity index (χ0n) is 21.5. The molecule has 36 heavy (non-hydrogen) atoms. The first-order chi connectivity index (χ1) is 17.4. The van der Waals surface area contributed by atoms with Gasteiger partial charge in [0.15, 0.2) is 5.78 Å². The van der Waals surface area contributed by atoms with Crippen molar-refractivity contribution >= 4 is 11.7 Å². The van der Waals surface area contributed by atoms with E-state index in [2.05, 4.69) is 5.32 Å². The average Bonchev–Trinajstić information content (AvgIpc) is 2.93. The largest absolute Gasteiger partial charge is 0.385 e. The van der Waals surface area contributed by atoms with Gasteiger partial charge in [-0.15, -0.1) is 0 Å². The predicted octanol–water partition coefficient (Wildman–Crippen LogP) is 3.98. The molecule has 1 N–H and O–H groups in total. The van der Waals surface area contributed by atoms with Gasteiger partial charge in [0, 0.05) is 64.4 Å². The molecule has 2 aromatic carbocycles. The third-order valence-corrected chi connectivity index (χ3v) is 8.08. The summed E-state index contributed by atoms with van der Waals surface area (Å²) in [6.07, 6.45) is 2.11. The fraction of sp³-hybridized carbons (Fsp3) is 0.517. The number of halogens is 1. The minimum absolute atomic E-state index is 0.000765. The molecule has 0 saturated carbocycles. The van der Waals surface area contributed by atoms with Gasteiger partial charge < -0.3 is 19.7 Å². The first kappa shape index (κ1) is 26.5. The van der Waals surface area contributed by atoms with Crippen LogP contribution in [0.15, 0.2) is 48.5 Å². The van der Waals surface area contributed by atoms with Crippen LogP contribution in [0.3, 0.4) is 0 Å². The van der Waals surface area contributed by atoms with Crippen molar-refractivity contribution in [1.29, 1.82) is 0 Å².